The predicted molar refractivity (Wildman–Crippen MR) is 151 cm³/mol. The van der Waals surface area contributed by atoms with Crippen LogP contribution in [0.5, 0.6) is 5.88 Å². The van der Waals surface area contributed by atoms with Gasteiger partial charge >= 0.3 is 11.9 Å². The van der Waals surface area contributed by atoms with Crippen LogP contribution in [0.25, 0.3) is 0 Å². The summed E-state index contributed by atoms with van der Waals surface area (Å²) in [6.07, 6.45) is 0.765. The number of benzene rings is 1. The van der Waals surface area contributed by atoms with Crippen molar-refractivity contribution in [1.29, 1.82) is 0 Å². The highest BCUT2D eigenvalue weighted by Gasteiger charge is 2.67. The first kappa shape index (κ1) is 31.2. The Morgan fingerprint density at radius 2 is 2.02 bits per heavy atom. The third-order valence-corrected chi connectivity index (χ3v) is 10.3. The van der Waals surface area contributed by atoms with Crippen molar-refractivity contribution in [2.24, 2.45) is 7.05 Å². The molecule has 3 aromatic rings. The van der Waals surface area contributed by atoms with E-state index in [4.69, 9.17) is 14.0 Å². The summed E-state index contributed by atoms with van der Waals surface area (Å²) in [5.74, 6) is -4.90. The van der Waals surface area contributed by atoms with Gasteiger partial charge in [-0.1, -0.05) is 30.0 Å². The van der Waals surface area contributed by atoms with E-state index in [9.17, 15) is 32.7 Å². The zero-order chi connectivity index (χ0) is 31.8. The van der Waals surface area contributed by atoms with Crippen LogP contribution in [-0.4, -0.2) is 104 Å². The Kier molecular flexibility index (Phi) is 8.51. The summed E-state index contributed by atoms with van der Waals surface area (Å²) < 4.78 is 42.5. The molecule has 0 bridgehead atoms. The van der Waals surface area contributed by atoms with Gasteiger partial charge in [0.15, 0.2) is 20.8 Å². The van der Waals surface area contributed by atoms with Gasteiger partial charge in [0.25, 0.3) is 17.5 Å². The number of tetrazole rings is 1. The van der Waals surface area contributed by atoms with Gasteiger partial charge in [0.05, 0.1) is 5.56 Å². The molecule has 20 heteroatoms. The van der Waals surface area contributed by atoms with E-state index in [0.717, 1.165) is 36.1 Å². The minimum absolute atomic E-state index is 0.142. The summed E-state index contributed by atoms with van der Waals surface area (Å²) in [5.41, 5.74) is -1.79. The molecule has 5 rings (SSSR count). The van der Waals surface area contributed by atoms with Crippen LogP contribution in [0, 0.1) is 0 Å². The molecule has 2 amide bonds. The van der Waals surface area contributed by atoms with Crippen LogP contribution in [0.1, 0.15) is 21.4 Å². The van der Waals surface area contributed by atoms with Crippen LogP contribution in [-0.2, 0) is 36.0 Å². The molecule has 1 aromatic carbocycles. The number of hydrogen-bond acceptors (Lipinski definition) is 15. The molecule has 0 radical (unpaired) electrons. The Hall–Kier alpha value is -4.27. The summed E-state index contributed by atoms with van der Waals surface area (Å²) in [5, 5.41) is 24.3. The number of hydrogen-bond donors (Lipinski definition) is 2. The smallest absolute Gasteiger partial charge is 0.352 e. The van der Waals surface area contributed by atoms with Crippen molar-refractivity contribution in [2.75, 3.05) is 24.9 Å². The first-order valence-corrected chi connectivity index (χ1v) is 16.4. The zero-order valence-electron chi connectivity index (χ0n) is 23.1. The second-order valence-electron chi connectivity index (χ2n) is 9.43. The number of rotatable bonds is 11. The Labute approximate surface area is 257 Å². The highest BCUT2D eigenvalue weighted by atomic mass is 32.2. The number of aryl methyl sites for hydroxylation is 1. The summed E-state index contributed by atoms with van der Waals surface area (Å²) in [6, 6.07) is 8.87. The third kappa shape index (κ3) is 5.67. The number of methoxy groups -OCH3 is 1. The van der Waals surface area contributed by atoms with Crippen molar-refractivity contribution >= 4 is 57.1 Å². The van der Waals surface area contributed by atoms with E-state index in [-0.39, 0.29) is 22.8 Å². The first-order chi connectivity index (χ1) is 20.9. The topological polar surface area (TPSA) is 226 Å². The Morgan fingerprint density at radius 1 is 1.30 bits per heavy atom. The predicted octanol–water partition coefficient (Wildman–Crippen LogP) is 0.00800. The average Bonchev–Trinajstić information content (AvgIpc) is 3.61. The van der Waals surface area contributed by atoms with Gasteiger partial charge in [-0.05, 0) is 33.3 Å². The molecule has 1 unspecified atom stereocenters. The molecule has 0 aliphatic carbocycles. The number of fused-ring (bicyclic) bond motifs is 1. The lowest BCUT2D eigenvalue weighted by Gasteiger charge is -2.55. The Balaban J connectivity index is 1.36. The summed E-state index contributed by atoms with van der Waals surface area (Å²) in [6.45, 7) is 0. The van der Waals surface area contributed by atoms with Crippen LogP contribution in [0.4, 0.5) is 0 Å². The number of amides is 2. The van der Waals surface area contributed by atoms with Crippen LogP contribution in [0.15, 0.2) is 57.3 Å². The fourth-order valence-corrected chi connectivity index (χ4v) is 7.91. The second kappa shape index (κ2) is 12.0. The normalized spacial score (nSPS) is 20.5. The van der Waals surface area contributed by atoms with Crippen molar-refractivity contribution in [3.63, 3.8) is 0 Å². The van der Waals surface area contributed by atoms with Crippen molar-refractivity contribution in [3.8, 4) is 5.88 Å². The van der Waals surface area contributed by atoms with Crippen LogP contribution >= 0.6 is 23.5 Å². The van der Waals surface area contributed by atoms with Crippen molar-refractivity contribution in [3.05, 3.63) is 59.0 Å². The number of sulfone groups is 1. The van der Waals surface area contributed by atoms with Gasteiger partial charge in [0.1, 0.15) is 11.1 Å². The number of thioether (sulfide) groups is 2. The number of nitrogens with zero attached hydrogens (tertiary/aromatic N) is 6. The molecule has 2 aromatic heterocycles. The highest BCUT2D eigenvalue weighted by Crippen LogP contribution is 2.47. The third-order valence-electron chi connectivity index (χ3n) is 6.54. The number of ether oxygens (including phenoxy) is 2. The zero-order valence-corrected chi connectivity index (χ0v) is 25.5. The molecule has 2 aliphatic heterocycles. The number of β-lactam (4-membered cyclic amide) rings is 1. The maximum absolute atomic E-state index is 13.5. The molecule has 44 heavy (non-hydrogen) atoms. The number of esters is 1. The van der Waals surface area contributed by atoms with E-state index in [0.29, 0.717) is 10.7 Å². The Morgan fingerprint density at radius 3 is 2.64 bits per heavy atom. The van der Waals surface area contributed by atoms with E-state index < -0.39 is 61.6 Å². The van der Waals surface area contributed by atoms with Gasteiger partial charge in [-0.3, -0.25) is 14.5 Å². The number of carboxylic acid groups (broad SMARTS) is 1. The number of aromatic nitrogens is 5. The number of carbonyl (C=O) groups is 4. The lowest BCUT2D eigenvalue weighted by atomic mass is 9.98. The standard InChI is InChI=1S/C24H23N7O10S3/c1-30-23(26-28-29-30)43-11-13-10-42-22-24(39-2,21(36)31(22)16(13)19(33)34)25-18(32)17(44(3,37)38)14-9-15(27-41-14)40-20(35)12-7-5-4-6-8-12/h4-9,17,22H,10-11H2,1-3H3,(H,25,32)(H,33,34)/t17?,22-,24-/m0/s1. The number of carbonyl (C=O) groups excluding carboxylic acids is 3. The number of nitrogens with one attached hydrogen (secondary N) is 1. The SMILES string of the molecule is CO[C@@]1(NC(=O)C(c2cc(OC(=O)c3ccccc3)no2)S(C)(=O)=O)C(=O)N2C(C(=O)O)=C(CSc3nnnn3C)CS[C@H]21. The molecule has 17 nitrogen and oxygen atoms in total. The average molecular weight is 666 g/mol. The minimum atomic E-state index is -4.26. The monoisotopic (exact) mass is 665 g/mol. The molecule has 1 fully saturated rings. The molecule has 0 spiro atoms. The van der Waals surface area contributed by atoms with E-state index in [1.165, 1.54) is 28.6 Å². The van der Waals surface area contributed by atoms with Crippen LogP contribution in [0.3, 0.4) is 0 Å². The van der Waals surface area contributed by atoms with Crippen molar-refractivity contribution in [2.45, 2.75) is 21.5 Å². The lowest BCUT2D eigenvalue weighted by molar-refractivity contribution is -0.192. The van der Waals surface area contributed by atoms with Crippen LogP contribution in [0.2, 0.25) is 0 Å². The summed E-state index contributed by atoms with van der Waals surface area (Å²) >= 11 is 2.29. The fourth-order valence-electron chi connectivity index (χ4n) is 4.50. The molecule has 0 saturated carbocycles. The molecule has 1 saturated heterocycles. The molecule has 3 atom stereocenters. The van der Waals surface area contributed by atoms with Gasteiger partial charge in [0, 0.05) is 38.0 Å². The summed E-state index contributed by atoms with van der Waals surface area (Å²) in [4.78, 5) is 52.6. The number of aliphatic carboxylic acids is 1. The maximum Gasteiger partial charge on any atom is 0.352 e. The van der Waals surface area contributed by atoms with Gasteiger partial charge in [-0.15, -0.1) is 16.9 Å². The maximum atomic E-state index is 13.5. The van der Waals surface area contributed by atoms with E-state index >= 15 is 0 Å². The van der Waals surface area contributed by atoms with E-state index in [1.54, 1.807) is 25.2 Å². The van der Waals surface area contributed by atoms with Crippen LogP contribution < -0.4 is 10.1 Å². The molecule has 232 valence electrons. The minimum Gasteiger partial charge on any atom is -0.477 e. The lowest BCUT2D eigenvalue weighted by Crippen LogP contribution is -2.81. The van der Waals surface area contributed by atoms with E-state index in [2.05, 4.69) is 26.0 Å². The Bertz CT molecular complexity index is 1770. The quantitative estimate of drug-likeness (QED) is 0.119. The van der Waals surface area contributed by atoms with Gasteiger partial charge in [-0.25, -0.2) is 22.7 Å². The van der Waals surface area contributed by atoms with Crippen molar-refractivity contribution in [1.82, 2.24) is 35.6 Å². The second-order valence-corrected chi connectivity index (χ2v) is 13.6. The van der Waals surface area contributed by atoms with Gasteiger partial charge in [-0.2, -0.15) is 0 Å². The van der Waals surface area contributed by atoms with Gasteiger partial charge < -0.3 is 24.4 Å². The molecular formula is C24H23N7O10S3. The molecule has 4 heterocycles. The summed E-state index contributed by atoms with van der Waals surface area (Å²) in [7, 11) is -1.52. The van der Waals surface area contributed by atoms with Crippen molar-refractivity contribution < 1.29 is 46.7 Å². The largest absolute Gasteiger partial charge is 0.477 e. The molecule has 2 aliphatic rings. The first-order valence-electron chi connectivity index (χ1n) is 12.4. The molecule has 2 N–H and O–H groups in total. The molecular weight excluding hydrogens is 643 g/mol. The number of carboxylic acids is 1. The highest BCUT2D eigenvalue weighted by molar-refractivity contribution is 8.01. The van der Waals surface area contributed by atoms with E-state index in [1.807, 2.05) is 0 Å². The fraction of sp³-hybridized carbons (Fsp3) is 0.333. The van der Waals surface area contributed by atoms with Gasteiger partial charge in [0.2, 0.25) is 11.1 Å².